The molecule has 1 fully saturated rings. The van der Waals surface area contributed by atoms with Gasteiger partial charge in [-0.1, -0.05) is 24.3 Å². The number of aliphatic hydroxyl groups is 1. The Balaban J connectivity index is 1.63. The Morgan fingerprint density at radius 1 is 1.21 bits per heavy atom. The van der Waals surface area contributed by atoms with E-state index in [0.29, 0.717) is 18.4 Å². The summed E-state index contributed by atoms with van der Waals surface area (Å²) >= 11 is 0. The second-order valence-electron chi connectivity index (χ2n) is 6.05. The SMILES string of the molecule is COc1ccnc(NCc2ccccc2CN2CCC(O)CC2)n1. The molecule has 2 heterocycles. The third kappa shape index (κ3) is 4.43. The van der Waals surface area contributed by atoms with Crippen LogP contribution in [0.4, 0.5) is 5.95 Å². The molecule has 0 aliphatic carbocycles. The molecule has 0 radical (unpaired) electrons. The molecule has 1 aromatic heterocycles. The van der Waals surface area contributed by atoms with Crippen molar-refractivity contribution >= 4 is 5.95 Å². The highest BCUT2D eigenvalue weighted by molar-refractivity contribution is 5.33. The third-order valence-electron chi connectivity index (χ3n) is 4.35. The highest BCUT2D eigenvalue weighted by atomic mass is 16.5. The summed E-state index contributed by atoms with van der Waals surface area (Å²) in [6.07, 6.45) is 3.26. The summed E-state index contributed by atoms with van der Waals surface area (Å²) in [5, 5.41) is 12.9. The van der Waals surface area contributed by atoms with Crippen LogP contribution in [0.3, 0.4) is 0 Å². The summed E-state index contributed by atoms with van der Waals surface area (Å²) < 4.78 is 5.12. The lowest BCUT2D eigenvalue weighted by molar-refractivity contribution is 0.0791. The van der Waals surface area contributed by atoms with E-state index < -0.39 is 0 Å². The standard InChI is InChI=1S/C18H24N4O2/c1-24-17-6-9-19-18(21-17)20-12-14-4-2-3-5-15(14)13-22-10-7-16(23)8-11-22/h2-6,9,16,23H,7-8,10-13H2,1H3,(H,19,20,21). The van der Waals surface area contributed by atoms with Crippen molar-refractivity contribution in [3.63, 3.8) is 0 Å². The summed E-state index contributed by atoms with van der Waals surface area (Å²) in [6, 6.07) is 10.1. The minimum atomic E-state index is -0.136. The number of ether oxygens (including phenoxy) is 1. The normalized spacial score (nSPS) is 16.1. The van der Waals surface area contributed by atoms with Gasteiger partial charge in [0.15, 0.2) is 0 Å². The van der Waals surface area contributed by atoms with Gasteiger partial charge in [-0.15, -0.1) is 0 Å². The van der Waals surface area contributed by atoms with E-state index in [9.17, 15) is 5.11 Å². The Labute approximate surface area is 142 Å². The van der Waals surface area contributed by atoms with E-state index in [-0.39, 0.29) is 6.10 Å². The summed E-state index contributed by atoms with van der Waals surface area (Å²) in [6.45, 7) is 3.47. The van der Waals surface area contributed by atoms with Crippen LogP contribution in [0.5, 0.6) is 5.88 Å². The monoisotopic (exact) mass is 328 g/mol. The molecule has 0 spiro atoms. The molecule has 0 atom stereocenters. The quantitative estimate of drug-likeness (QED) is 0.846. The lowest BCUT2D eigenvalue weighted by Gasteiger charge is -2.30. The Bertz CT molecular complexity index is 657. The van der Waals surface area contributed by atoms with Gasteiger partial charge in [0.1, 0.15) is 0 Å². The van der Waals surface area contributed by atoms with Crippen molar-refractivity contribution in [1.29, 1.82) is 0 Å². The molecule has 1 aromatic carbocycles. The van der Waals surface area contributed by atoms with Crippen molar-refractivity contribution in [1.82, 2.24) is 14.9 Å². The molecule has 6 nitrogen and oxygen atoms in total. The maximum absolute atomic E-state index is 9.64. The van der Waals surface area contributed by atoms with Gasteiger partial charge >= 0.3 is 0 Å². The van der Waals surface area contributed by atoms with E-state index in [1.54, 1.807) is 19.4 Å². The highest BCUT2D eigenvalue weighted by Gasteiger charge is 2.17. The maximum atomic E-state index is 9.64. The number of likely N-dealkylation sites (tertiary alicyclic amines) is 1. The predicted octanol–water partition coefficient (Wildman–Crippen LogP) is 2.05. The van der Waals surface area contributed by atoms with Crippen LogP contribution in [-0.4, -0.2) is 46.3 Å². The molecule has 1 aliphatic rings. The third-order valence-corrected chi connectivity index (χ3v) is 4.35. The number of aliphatic hydroxyl groups excluding tert-OH is 1. The van der Waals surface area contributed by atoms with Gasteiger partial charge in [0.25, 0.3) is 0 Å². The molecule has 3 rings (SSSR count). The van der Waals surface area contributed by atoms with E-state index >= 15 is 0 Å². The van der Waals surface area contributed by atoms with E-state index in [2.05, 4.69) is 38.4 Å². The molecule has 2 aromatic rings. The van der Waals surface area contributed by atoms with E-state index in [1.165, 1.54) is 11.1 Å². The van der Waals surface area contributed by atoms with Crippen LogP contribution in [-0.2, 0) is 13.1 Å². The van der Waals surface area contributed by atoms with E-state index in [0.717, 1.165) is 32.5 Å². The fraction of sp³-hybridized carbons (Fsp3) is 0.444. The number of hydrogen-bond donors (Lipinski definition) is 2. The van der Waals surface area contributed by atoms with Crippen LogP contribution >= 0.6 is 0 Å². The Kier molecular flexibility index (Phi) is 5.61. The zero-order valence-electron chi connectivity index (χ0n) is 14.0. The first-order valence-corrected chi connectivity index (χ1v) is 8.32. The van der Waals surface area contributed by atoms with Gasteiger partial charge in [0.2, 0.25) is 11.8 Å². The fourth-order valence-electron chi connectivity index (χ4n) is 2.92. The number of hydrogen-bond acceptors (Lipinski definition) is 6. The van der Waals surface area contributed by atoms with Crippen LogP contribution in [0.15, 0.2) is 36.5 Å². The molecule has 1 aliphatic heterocycles. The first-order valence-electron chi connectivity index (χ1n) is 8.32. The molecule has 1 saturated heterocycles. The van der Waals surface area contributed by atoms with Gasteiger partial charge in [-0.25, -0.2) is 4.98 Å². The molecule has 128 valence electrons. The van der Waals surface area contributed by atoms with Crippen molar-refractivity contribution in [3.05, 3.63) is 47.7 Å². The van der Waals surface area contributed by atoms with E-state index in [4.69, 9.17) is 4.74 Å². The molecule has 0 unspecified atom stereocenters. The number of nitrogens with zero attached hydrogens (tertiary/aromatic N) is 3. The minimum Gasteiger partial charge on any atom is -0.481 e. The average Bonchev–Trinajstić information content (AvgIpc) is 2.63. The van der Waals surface area contributed by atoms with Crippen molar-refractivity contribution in [2.75, 3.05) is 25.5 Å². The van der Waals surface area contributed by atoms with Crippen molar-refractivity contribution in [3.8, 4) is 5.88 Å². The van der Waals surface area contributed by atoms with Gasteiger partial charge in [-0.3, -0.25) is 4.90 Å². The molecule has 2 N–H and O–H groups in total. The second-order valence-corrected chi connectivity index (χ2v) is 6.05. The van der Waals surface area contributed by atoms with Crippen LogP contribution in [0.2, 0.25) is 0 Å². The summed E-state index contributed by atoms with van der Waals surface area (Å²) in [4.78, 5) is 10.9. The topological polar surface area (TPSA) is 70.5 Å². The Hall–Kier alpha value is -2.18. The van der Waals surface area contributed by atoms with Crippen molar-refractivity contribution < 1.29 is 9.84 Å². The second kappa shape index (κ2) is 8.08. The molecule has 24 heavy (non-hydrogen) atoms. The molecular weight excluding hydrogens is 304 g/mol. The molecular formula is C18H24N4O2. The lowest BCUT2D eigenvalue weighted by Crippen LogP contribution is -2.35. The first-order chi connectivity index (χ1) is 11.7. The summed E-state index contributed by atoms with van der Waals surface area (Å²) in [5.41, 5.74) is 2.53. The van der Waals surface area contributed by atoms with Gasteiger partial charge in [-0.05, 0) is 24.0 Å². The number of anilines is 1. The number of piperidine rings is 1. The number of methoxy groups -OCH3 is 1. The van der Waals surface area contributed by atoms with Crippen LogP contribution in [0.1, 0.15) is 24.0 Å². The first kappa shape index (κ1) is 16.7. The van der Waals surface area contributed by atoms with Crippen molar-refractivity contribution in [2.45, 2.75) is 32.0 Å². The zero-order valence-corrected chi connectivity index (χ0v) is 14.0. The van der Waals surface area contributed by atoms with Gasteiger partial charge in [0.05, 0.1) is 13.2 Å². The number of nitrogens with one attached hydrogen (secondary N) is 1. The zero-order chi connectivity index (χ0) is 16.8. The molecule has 0 bridgehead atoms. The number of aromatic nitrogens is 2. The van der Waals surface area contributed by atoms with Crippen LogP contribution < -0.4 is 10.1 Å². The van der Waals surface area contributed by atoms with Crippen LogP contribution in [0, 0.1) is 0 Å². The number of benzene rings is 1. The average molecular weight is 328 g/mol. The summed E-state index contributed by atoms with van der Waals surface area (Å²) in [5.74, 6) is 1.11. The van der Waals surface area contributed by atoms with E-state index in [1.807, 2.05) is 6.07 Å². The van der Waals surface area contributed by atoms with Gasteiger partial charge < -0.3 is 15.2 Å². The molecule has 0 amide bonds. The smallest absolute Gasteiger partial charge is 0.226 e. The highest BCUT2D eigenvalue weighted by Crippen LogP contribution is 2.17. The Morgan fingerprint density at radius 2 is 1.96 bits per heavy atom. The minimum absolute atomic E-state index is 0.136. The number of rotatable bonds is 6. The largest absolute Gasteiger partial charge is 0.481 e. The maximum Gasteiger partial charge on any atom is 0.226 e. The molecule has 0 saturated carbocycles. The fourth-order valence-corrected chi connectivity index (χ4v) is 2.92. The van der Waals surface area contributed by atoms with Gasteiger partial charge in [-0.2, -0.15) is 4.98 Å². The molecule has 6 heteroatoms. The Morgan fingerprint density at radius 3 is 2.71 bits per heavy atom. The summed E-state index contributed by atoms with van der Waals surface area (Å²) in [7, 11) is 1.59. The van der Waals surface area contributed by atoms with Crippen LogP contribution in [0.25, 0.3) is 0 Å². The van der Waals surface area contributed by atoms with Gasteiger partial charge in [0, 0.05) is 38.4 Å². The predicted molar refractivity (Wildman–Crippen MR) is 92.9 cm³/mol. The lowest BCUT2D eigenvalue weighted by atomic mass is 10.0. The van der Waals surface area contributed by atoms with Crippen molar-refractivity contribution in [2.24, 2.45) is 0 Å².